The van der Waals surface area contributed by atoms with Crippen molar-refractivity contribution < 1.29 is 23.0 Å². The summed E-state index contributed by atoms with van der Waals surface area (Å²) in [5.74, 6) is -2.74. The van der Waals surface area contributed by atoms with Gasteiger partial charge in [0.1, 0.15) is 12.6 Å². The predicted molar refractivity (Wildman–Crippen MR) is 63.8 cm³/mol. The Morgan fingerprint density at radius 1 is 1.47 bits per heavy atom. The molecule has 0 heterocycles. The summed E-state index contributed by atoms with van der Waals surface area (Å²) in [5.41, 5.74) is 0. The molecule has 0 bridgehead atoms. The summed E-state index contributed by atoms with van der Waals surface area (Å²) in [6.45, 7) is -0.108. The SMILES string of the molecule is COC(=O)C(COc1cccc(F)c1F)NC1CC1. The van der Waals surface area contributed by atoms with Crippen LogP contribution in [-0.2, 0) is 9.53 Å². The average Bonchev–Trinajstić information content (AvgIpc) is 3.22. The molecule has 1 aromatic carbocycles. The number of hydrogen-bond donors (Lipinski definition) is 1. The van der Waals surface area contributed by atoms with Crippen LogP contribution >= 0.6 is 0 Å². The number of carbonyl (C=O) groups is 1. The molecule has 1 aliphatic carbocycles. The third-order valence-electron chi connectivity index (χ3n) is 2.82. The molecule has 1 fully saturated rings. The summed E-state index contributed by atoms with van der Waals surface area (Å²) >= 11 is 0. The molecule has 6 heteroatoms. The quantitative estimate of drug-likeness (QED) is 0.799. The number of nitrogens with one attached hydrogen (secondary N) is 1. The van der Waals surface area contributed by atoms with Gasteiger partial charge in [0.25, 0.3) is 0 Å². The lowest BCUT2D eigenvalue weighted by atomic mass is 10.3. The van der Waals surface area contributed by atoms with E-state index in [1.165, 1.54) is 19.2 Å². The van der Waals surface area contributed by atoms with Crippen molar-refractivity contribution in [1.82, 2.24) is 5.32 Å². The normalized spacial score (nSPS) is 15.9. The van der Waals surface area contributed by atoms with Crippen LogP contribution in [0.3, 0.4) is 0 Å². The zero-order valence-corrected chi connectivity index (χ0v) is 10.5. The van der Waals surface area contributed by atoms with E-state index < -0.39 is 23.6 Å². The van der Waals surface area contributed by atoms with Crippen molar-refractivity contribution in [2.24, 2.45) is 0 Å². The smallest absolute Gasteiger partial charge is 0.326 e. The van der Waals surface area contributed by atoms with Gasteiger partial charge >= 0.3 is 5.97 Å². The first-order valence-electron chi connectivity index (χ1n) is 6.02. The second kappa shape index (κ2) is 5.97. The van der Waals surface area contributed by atoms with Crippen LogP contribution in [0.4, 0.5) is 8.78 Å². The van der Waals surface area contributed by atoms with Gasteiger partial charge in [-0.3, -0.25) is 10.1 Å². The van der Waals surface area contributed by atoms with Gasteiger partial charge in [-0.2, -0.15) is 4.39 Å². The van der Waals surface area contributed by atoms with Gasteiger partial charge in [0.2, 0.25) is 5.82 Å². The molecule has 1 aliphatic rings. The molecule has 0 saturated heterocycles. The van der Waals surface area contributed by atoms with E-state index in [2.05, 4.69) is 10.1 Å². The molecular weight excluding hydrogens is 256 g/mol. The number of esters is 1. The third-order valence-corrected chi connectivity index (χ3v) is 2.82. The molecule has 4 nitrogen and oxygen atoms in total. The molecule has 19 heavy (non-hydrogen) atoms. The van der Waals surface area contributed by atoms with Gasteiger partial charge < -0.3 is 9.47 Å². The maximum atomic E-state index is 13.4. The van der Waals surface area contributed by atoms with Gasteiger partial charge in [-0.05, 0) is 25.0 Å². The van der Waals surface area contributed by atoms with E-state index in [-0.39, 0.29) is 18.4 Å². The first-order chi connectivity index (χ1) is 9.11. The first kappa shape index (κ1) is 13.7. The van der Waals surface area contributed by atoms with Gasteiger partial charge in [0.15, 0.2) is 11.6 Å². The molecule has 0 amide bonds. The summed E-state index contributed by atoms with van der Waals surface area (Å²) in [5, 5.41) is 3.03. The Kier molecular flexibility index (Phi) is 4.31. The van der Waals surface area contributed by atoms with Gasteiger partial charge in [0.05, 0.1) is 7.11 Å². The summed E-state index contributed by atoms with van der Waals surface area (Å²) < 4.78 is 36.1. The van der Waals surface area contributed by atoms with Gasteiger partial charge in [-0.1, -0.05) is 6.07 Å². The van der Waals surface area contributed by atoms with Crippen molar-refractivity contribution >= 4 is 5.97 Å². The molecule has 1 aromatic rings. The minimum absolute atomic E-state index is 0.108. The summed E-state index contributed by atoms with van der Waals surface area (Å²) in [6.07, 6.45) is 1.98. The highest BCUT2D eigenvalue weighted by Crippen LogP contribution is 2.21. The van der Waals surface area contributed by atoms with Crippen LogP contribution < -0.4 is 10.1 Å². The van der Waals surface area contributed by atoms with E-state index >= 15 is 0 Å². The second-order valence-corrected chi connectivity index (χ2v) is 4.38. The zero-order chi connectivity index (χ0) is 13.8. The van der Waals surface area contributed by atoms with Gasteiger partial charge in [-0.15, -0.1) is 0 Å². The third kappa shape index (κ3) is 3.64. The van der Waals surface area contributed by atoms with Crippen molar-refractivity contribution in [2.75, 3.05) is 13.7 Å². The molecule has 2 rings (SSSR count). The number of methoxy groups -OCH3 is 1. The average molecular weight is 271 g/mol. The van der Waals surface area contributed by atoms with Crippen LogP contribution in [0.5, 0.6) is 5.75 Å². The number of halogens is 2. The molecule has 0 spiro atoms. The van der Waals surface area contributed by atoms with E-state index in [0.717, 1.165) is 18.9 Å². The van der Waals surface area contributed by atoms with Crippen LogP contribution in [-0.4, -0.2) is 31.8 Å². The fourth-order valence-corrected chi connectivity index (χ4v) is 1.63. The summed E-state index contributed by atoms with van der Waals surface area (Å²) in [7, 11) is 1.27. The molecular formula is C13H15F2NO3. The maximum Gasteiger partial charge on any atom is 0.326 e. The standard InChI is InChI=1S/C13H15F2NO3/c1-18-13(17)10(16-8-5-6-8)7-19-11-4-2-3-9(14)12(11)15/h2-4,8,10,16H,5-7H2,1H3. The Bertz CT molecular complexity index is 463. The highest BCUT2D eigenvalue weighted by molar-refractivity contribution is 5.75. The first-order valence-corrected chi connectivity index (χ1v) is 6.02. The number of hydrogen-bond acceptors (Lipinski definition) is 4. The minimum Gasteiger partial charge on any atom is -0.488 e. The fraction of sp³-hybridized carbons (Fsp3) is 0.462. The van der Waals surface area contributed by atoms with E-state index in [0.29, 0.717) is 0 Å². The number of benzene rings is 1. The van der Waals surface area contributed by atoms with Gasteiger partial charge in [0, 0.05) is 6.04 Å². The lowest BCUT2D eigenvalue weighted by Gasteiger charge is -2.17. The molecule has 0 radical (unpaired) electrons. The van der Waals surface area contributed by atoms with Crippen molar-refractivity contribution in [1.29, 1.82) is 0 Å². The Hall–Kier alpha value is -1.69. The van der Waals surface area contributed by atoms with E-state index in [4.69, 9.17) is 4.74 Å². The minimum atomic E-state index is -1.06. The van der Waals surface area contributed by atoms with Crippen molar-refractivity contribution in [3.63, 3.8) is 0 Å². The van der Waals surface area contributed by atoms with E-state index in [1.807, 2.05) is 0 Å². The monoisotopic (exact) mass is 271 g/mol. The highest BCUT2D eigenvalue weighted by Gasteiger charge is 2.29. The lowest BCUT2D eigenvalue weighted by Crippen LogP contribution is -2.43. The van der Waals surface area contributed by atoms with E-state index in [1.54, 1.807) is 0 Å². The maximum absolute atomic E-state index is 13.4. The molecule has 0 aromatic heterocycles. The molecule has 1 saturated carbocycles. The number of ether oxygens (including phenoxy) is 2. The second-order valence-electron chi connectivity index (χ2n) is 4.38. The lowest BCUT2D eigenvalue weighted by molar-refractivity contribution is -0.144. The topological polar surface area (TPSA) is 47.6 Å². The highest BCUT2D eigenvalue weighted by atomic mass is 19.2. The molecule has 0 aliphatic heterocycles. The van der Waals surface area contributed by atoms with Crippen LogP contribution in [0.25, 0.3) is 0 Å². The Morgan fingerprint density at radius 3 is 2.84 bits per heavy atom. The predicted octanol–water partition coefficient (Wildman–Crippen LogP) is 1.64. The van der Waals surface area contributed by atoms with Crippen LogP contribution in [0.2, 0.25) is 0 Å². The Labute approximate surface area is 109 Å². The Balaban J connectivity index is 1.97. The largest absolute Gasteiger partial charge is 0.488 e. The van der Waals surface area contributed by atoms with E-state index in [9.17, 15) is 13.6 Å². The molecule has 104 valence electrons. The number of rotatable bonds is 6. The number of carbonyl (C=O) groups excluding carboxylic acids is 1. The van der Waals surface area contributed by atoms with Crippen molar-refractivity contribution in [3.8, 4) is 5.75 Å². The fourth-order valence-electron chi connectivity index (χ4n) is 1.63. The van der Waals surface area contributed by atoms with Gasteiger partial charge in [-0.25, -0.2) is 4.39 Å². The summed E-state index contributed by atoms with van der Waals surface area (Å²) in [4.78, 5) is 11.5. The summed E-state index contributed by atoms with van der Waals surface area (Å²) in [6, 6.07) is 3.24. The van der Waals surface area contributed by atoms with Crippen LogP contribution in [0.1, 0.15) is 12.8 Å². The molecule has 1 atom stereocenters. The Morgan fingerprint density at radius 2 is 2.21 bits per heavy atom. The molecule has 1 unspecified atom stereocenters. The van der Waals surface area contributed by atoms with Crippen molar-refractivity contribution in [2.45, 2.75) is 24.9 Å². The van der Waals surface area contributed by atoms with Crippen LogP contribution in [0, 0.1) is 11.6 Å². The molecule has 1 N–H and O–H groups in total. The van der Waals surface area contributed by atoms with Crippen LogP contribution in [0.15, 0.2) is 18.2 Å². The zero-order valence-electron chi connectivity index (χ0n) is 10.5. The van der Waals surface area contributed by atoms with Crippen molar-refractivity contribution in [3.05, 3.63) is 29.8 Å².